The monoisotopic (exact) mass is 281 g/mol. The van der Waals surface area contributed by atoms with Gasteiger partial charge in [0.05, 0.1) is 5.52 Å². The molecule has 1 amide bonds. The fraction of sp³-hybridized carbons (Fsp3) is 0.412. The van der Waals surface area contributed by atoms with E-state index in [1.165, 1.54) is 0 Å². The molecule has 1 aromatic heterocycles. The van der Waals surface area contributed by atoms with Crippen LogP contribution in [-0.4, -0.2) is 29.5 Å². The molecule has 2 aromatic rings. The maximum absolute atomic E-state index is 12.4. The summed E-state index contributed by atoms with van der Waals surface area (Å²) < 4.78 is 0. The molecule has 4 nitrogen and oxygen atoms in total. The Morgan fingerprint density at radius 1 is 1.14 bits per heavy atom. The lowest BCUT2D eigenvalue weighted by molar-refractivity contribution is -0.122. The van der Waals surface area contributed by atoms with Crippen molar-refractivity contribution in [2.45, 2.75) is 37.8 Å². The predicted molar refractivity (Wildman–Crippen MR) is 83.3 cm³/mol. The van der Waals surface area contributed by atoms with Gasteiger partial charge in [0.25, 0.3) is 0 Å². The van der Waals surface area contributed by atoms with Crippen molar-refractivity contribution in [3.05, 3.63) is 36.4 Å². The van der Waals surface area contributed by atoms with Gasteiger partial charge >= 0.3 is 0 Å². The van der Waals surface area contributed by atoms with Crippen LogP contribution in [0.25, 0.3) is 10.9 Å². The highest BCUT2D eigenvalue weighted by atomic mass is 16.2. The summed E-state index contributed by atoms with van der Waals surface area (Å²) in [4.78, 5) is 19.2. The molecule has 2 heterocycles. The van der Waals surface area contributed by atoms with Gasteiger partial charge < -0.3 is 10.2 Å². The number of carbonyl (C=O) groups is 1. The molecule has 4 heteroatoms. The number of rotatable bonds is 3. The maximum atomic E-state index is 12.4. The third-order valence-corrected chi connectivity index (χ3v) is 4.36. The van der Waals surface area contributed by atoms with Crippen LogP contribution in [0.4, 0.5) is 5.82 Å². The van der Waals surface area contributed by atoms with Crippen molar-refractivity contribution in [3.8, 4) is 0 Å². The van der Waals surface area contributed by atoms with Crippen LogP contribution in [0.1, 0.15) is 25.7 Å². The highest BCUT2D eigenvalue weighted by molar-refractivity contribution is 5.87. The standard InChI is InChI=1S/C17H19N3O/c21-17(18-13-8-9-13)15-6-3-11-20(15)16-10-7-12-4-1-2-5-14(12)19-16/h1-2,4-5,7,10,13,15H,3,6,8-9,11H2,(H,18,21)/t15-/m0/s1. The first-order valence-corrected chi connectivity index (χ1v) is 7.74. The number of hydrogen-bond donors (Lipinski definition) is 1. The summed E-state index contributed by atoms with van der Waals surface area (Å²) in [5.41, 5.74) is 0.989. The van der Waals surface area contributed by atoms with Gasteiger partial charge in [0, 0.05) is 18.0 Å². The van der Waals surface area contributed by atoms with Gasteiger partial charge in [-0.3, -0.25) is 4.79 Å². The Morgan fingerprint density at radius 2 is 2.00 bits per heavy atom. The Balaban J connectivity index is 1.61. The molecule has 1 saturated heterocycles. The number of anilines is 1. The van der Waals surface area contributed by atoms with Crippen LogP contribution in [0.3, 0.4) is 0 Å². The summed E-state index contributed by atoms with van der Waals surface area (Å²) in [5, 5.41) is 4.26. The molecule has 4 rings (SSSR count). The first-order chi connectivity index (χ1) is 10.3. The quantitative estimate of drug-likeness (QED) is 0.940. The van der Waals surface area contributed by atoms with Crippen molar-refractivity contribution < 1.29 is 4.79 Å². The van der Waals surface area contributed by atoms with Gasteiger partial charge in [-0.1, -0.05) is 18.2 Å². The van der Waals surface area contributed by atoms with Crippen LogP contribution in [0.2, 0.25) is 0 Å². The zero-order valence-corrected chi connectivity index (χ0v) is 12.0. The first kappa shape index (κ1) is 12.6. The van der Waals surface area contributed by atoms with Gasteiger partial charge in [-0.05, 0) is 43.9 Å². The second kappa shape index (κ2) is 5.02. The summed E-state index contributed by atoms with van der Waals surface area (Å²) in [6, 6.07) is 12.6. The van der Waals surface area contributed by atoms with Crippen LogP contribution in [0.15, 0.2) is 36.4 Å². The molecule has 1 aliphatic carbocycles. The molecular weight excluding hydrogens is 262 g/mol. The number of amides is 1. The summed E-state index contributed by atoms with van der Waals surface area (Å²) in [6.45, 7) is 0.911. The number of aromatic nitrogens is 1. The fourth-order valence-electron chi connectivity index (χ4n) is 3.05. The van der Waals surface area contributed by atoms with E-state index >= 15 is 0 Å². The van der Waals surface area contributed by atoms with Gasteiger partial charge in [0.15, 0.2) is 0 Å². The van der Waals surface area contributed by atoms with Crippen molar-refractivity contribution in [2.24, 2.45) is 0 Å². The highest BCUT2D eigenvalue weighted by Crippen LogP contribution is 2.27. The fourth-order valence-corrected chi connectivity index (χ4v) is 3.05. The number of pyridine rings is 1. The molecule has 1 atom stereocenters. The van der Waals surface area contributed by atoms with E-state index in [9.17, 15) is 4.79 Å². The van der Waals surface area contributed by atoms with Crippen LogP contribution in [0.5, 0.6) is 0 Å². The molecule has 1 aliphatic heterocycles. The van der Waals surface area contributed by atoms with Gasteiger partial charge in [0.1, 0.15) is 11.9 Å². The van der Waals surface area contributed by atoms with Crippen LogP contribution in [0, 0.1) is 0 Å². The normalized spacial score (nSPS) is 21.7. The summed E-state index contributed by atoms with van der Waals surface area (Å²) in [5.74, 6) is 1.09. The van der Waals surface area contributed by atoms with Crippen molar-refractivity contribution in [1.29, 1.82) is 0 Å². The van der Waals surface area contributed by atoms with Gasteiger partial charge in [0.2, 0.25) is 5.91 Å². The predicted octanol–water partition coefficient (Wildman–Crippen LogP) is 2.48. The second-order valence-corrected chi connectivity index (χ2v) is 6.00. The lowest BCUT2D eigenvalue weighted by Gasteiger charge is -2.25. The molecule has 1 aromatic carbocycles. The number of fused-ring (bicyclic) bond motifs is 1. The summed E-state index contributed by atoms with van der Waals surface area (Å²) >= 11 is 0. The molecule has 1 saturated carbocycles. The molecule has 0 bridgehead atoms. The minimum atomic E-state index is -0.0562. The van der Waals surface area contributed by atoms with E-state index < -0.39 is 0 Å². The van der Waals surface area contributed by atoms with Crippen LogP contribution < -0.4 is 10.2 Å². The molecule has 0 radical (unpaired) electrons. The average Bonchev–Trinajstić information content (AvgIpc) is 3.18. The van der Waals surface area contributed by atoms with Crippen LogP contribution in [-0.2, 0) is 4.79 Å². The minimum absolute atomic E-state index is 0.0562. The number of nitrogens with zero attached hydrogens (tertiary/aromatic N) is 2. The SMILES string of the molecule is O=C(NC1CC1)[C@@H]1CCCN1c1ccc2ccccc2n1. The number of para-hydroxylation sites is 1. The highest BCUT2D eigenvalue weighted by Gasteiger charge is 2.34. The molecule has 0 spiro atoms. The summed E-state index contributed by atoms with van der Waals surface area (Å²) in [7, 11) is 0. The zero-order chi connectivity index (χ0) is 14.2. The Labute approximate surface area is 124 Å². The van der Waals surface area contributed by atoms with E-state index in [2.05, 4.69) is 22.3 Å². The Bertz CT molecular complexity index is 681. The summed E-state index contributed by atoms with van der Waals surface area (Å²) in [6.07, 6.45) is 4.24. The van der Waals surface area contributed by atoms with E-state index in [1.807, 2.05) is 24.3 Å². The van der Waals surface area contributed by atoms with Gasteiger partial charge in [-0.15, -0.1) is 0 Å². The minimum Gasteiger partial charge on any atom is -0.352 e. The Morgan fingerprint density at radius 3 is 2.86 bits per heavy atom. The van der Waals surface area contributed by atoms with E-state index in [0.29, 0.717) is 6.04 Å². The number of benzene rings is 1. The first-order valence-electron chi connectivity index (χ1n) is 7.74. The second-order valence-electron chi connectivity index (χ2n) is 6.00. The molecular formula is C17H19N3O. The largest absolute Gasteiger partial charge is 0.352 e. The van der Waals surface area contributed by atoms with E-state index in [4.69, 9.17) is 4.98 Å². The van der Waals surface area contributed by atoms with Crippen molar-refractivity contribution in [1.82, 2.24) is 10.3 Å². The number of nitrogens with one attached hydrogen (secondary N) is 1. The molecule has 2 fully saturated rings. The average molecular weight is 281 g/mol. The number of carbonyl (C=O) groups excluding carboxylic acids is 1. The van der Waals surface area contributed by atoms with E-state index in [0.717, 1.165) is 48.9 Å². The van der Waals surface area contributed by atoms with Crippen molar-refractivity contribution in [2.75, 3.05) is 11.4 Å². The lowest BCUT2D eigenvalue weighted by Crippen LogP contribution is -2.44. The number of hydrogen-bond acceptors (Lipinski definition) is 3. The molecule has 2 aliphatic rings. The maximum Gasteiger partial charge on any atom is 0.242 e. The molecule has 1 N–H and O–H groups in total. The van der Waals surface area contributed by atoms with Crippen molar-refractivity contribution >= 4 is 22.6 Å². The van der Waals surface area contributed by atoms with Crippen molar-refractivity contribution in [3.63, 3.8) is 0 Å². The van der Waals surface area contributed by atoms with E-state index in [1.54, 1.807) is 0 Å². The van der Waals surface area contributed by atoms with E-state index in [-0.39, 0.29) is 11.9 Å². The topological polar surface area (TPSA) is 45.2 Å². The lowest BCUT2D eigenvalue weighted by atomic mass is 10.2. The smallest absolute Gasteiger partial charge is 0.242 e. The van der Waals surface area contributed by atoms with Gasteiger partial charge in [-0.2, -0.15) is 0 Å². The third-order valence-electron chi connectivity index (χ3n) is 4.36. The Hall–Kier alpha value is -2.10. The molecule has 21 heavy (non-hydrogen) atoms. The van der Waals surface area contributed by atoms with Crippen LogP contribution >= 0.6 is 0 Å². The molecule has 108 valence electrons. The zero-order valence-electron chi connectivity index (χ0n) is 12.0. The Kier molecular flexibility index (Phi) is 3.02. The third kappa shape index (κ3) is 2.46. The van der Waals surface area contributed by atoms with Gasteiger partial charge in [-0.25, -0.2) is 4.98 Å². The molecule has 0 unspecified atom stereocenters.